The summed E-state index contributed by atoms with van der Waals surface area (Å²) in [7, 11) is 0. The van der Waals surface area contributed by atoms with Crippen molar-refractivity contribution in [3.8, 4) is 0 Å². The van der Waals surface area contributed by atoms with Gasteiger partial charge in [-0.3, -0.25) is 4.79 Å². The molecule has 0 aliphatic carbocycles. The van der Waals surface area contributed by atoms with Gasteiger partial charge in [0.15, 0.2) is 0 Å². The number of halogens is 1. The van der Waals surface area contributed by atoms with Gasteiger partial charge in [-0.05, 0) is 54.6 Å². The Hall–Kier alpha value is -1.31. The van der Waals surface area contributed by atoms with E-state index in [2.05, 4.69) is 27.6 Å². The molecule has 5 nitrogen and oxygen atoms in total. The smallest absolute Gasteiger partial charge is 0.224 e. The van der Waals surface area contributed by atoms with Crippen LogP contribution in [0.4, 0.5) is 5.95 Å². The molecule has 2 rings (SSSR count). The zero-order valence-electron chi connectivity index (χ0n) is 10.3. The van der Waals surface area contributed by atoms with E-state index in [9.17, 15) is 4.79 Å². The van der Waals surface area contributed by atoms with Gasteiger partial charge in [0.1, 0.15) is 0 Å². The summed E-state index contributed by atoms with van der Waals surface area (Å²) < 4.78 is 2.93. The standard InChI is InChI=1S/C12H15IN4O/c1-12(2,10(14)18)6-17-9-4-3-7(13)5-8(9)16-11(17)15/h3-5H,6H2,1-2H3,(H2,14,18)(H2,15,16). The van der Waals surface area contributed by atoms with Crippen LogP contribution in [0.25, 0.3) is 11.0 Å². The molecule has 6 heteroatoms. The number of nitrogens with two attached hydrogens (primary N) is 2. The van der Waals surface area contributed by atoms with Crippen molar-refractivity contribution in [2.75, 3.05) is 5.73 Å². The predicted molar refractivity (Wildman–Crippen MR) is 79.8 cm³/mol. The molecule has 0 fully saturated rings. The molecule has 1 aromatic carbocycles. The van der Waals surface area contributed by atoms with Crippen molar-refractivity contribution in [1.82, 2.24) is 9.55 Å². The van der Waals surface area contributed by atoms with Crippen LogP contribution in [0, 0.1) is 8.99 Å². The normalized spacial score (nSPS) is 11.9. The van der Waals surface area contributed by atoms with Gasteiger partial charge < -0.3 is 16.0 Å². The van der Waals surface area contributed by atoms with Gasteiger partial charge in [0.25, 0.3) is 0 Å². The maximum atomic E-state index is 11.4. The van der Waals surface area contributed by atoms with Crippen LogP contribution in [0.1, 0.15) is 13.8 Å². The van der Waals surface area contributed by atoms with E-state index in [1.54, 1.807) is 13.8 Å². The summed E-state index contributed by atoms with van der Waals surface area (Å²) in [5.74, 6) is 0.0515. The van der Waals surface area contributed by atoms with Crippen molar-refractivity contribution in [2.45, 2.75) is 20.4 Å². The number of rotatable bonds is 3. The van der Waals surface area contributed by atoms with E-state index in [0.717, 1.165) is 14.6 Å². The topological polar surface area (TPSA) is 86.9 Å². The number of benzene rings is 1. The van der Waals surface area contributed by atoms with Crippen LogP contribution in [0.2, 0.25) is 0 Å². The molecule has 0 saturated heterocycles. The van der Waals surface area contributed by atoms with Gasteiger partial charge in [-0.15, -0.1) is 0 Å². The molecule has 2 aromatic rings. The Bertz CT molecular complexity index is 618. The summed E-state index contributed by atoms with van der Waals surface area (Å²) >= 11 is 2.22. The second-order valence-electron chi connectivity index (χ2n) is 4.94. The minimum atomic E-state index is -0.662. The molecule has 0 atom stereocenters. The molecular weight excluding hydrogens is 343 g/mol. The van der Waals surface area contributed by atoms with Gasteiger partial charge in [-0.25, -0.2) is 4.98 Å². The van der Waals surface area contributed by atoms with Crippen molar-refractivity contribution in [3.05, 3.63) is 21.8 Å². The Kier molecular flexibility index (Phi) is 3.22. The highest BCUT2D eigenvalue weighted by Crippen LogP contribution is 2.25. The lowest BCUT2D eigenvalue weighted by molar-refractivity contribution is -0.126. The molecule has 4 N–H and O–H groups in total. The zero-order valence-corrected chi connectivity index (χ0v) is 12.4. The quantitative estimate of drug-likeness (QED) is 0.820. The molecule has 0 unspecified atom stereocenters. The number of carbonyl (C=O) groups excluding carboxylic acids is 1. The molecule has 1 aromatic heterocycles. The number of primary amides is 1. The molecule has 0 bridgehead atoms. The molecule has 0 aliphatic rings. The summed E-state index contributed by atoms with van der Waals surface area (Å²) in [6.07, 6.45) is 0. The Balaban J connectivity index is 2.51. The lowest BCUT2D eigenvalue weighted by atomic mass is 9.92. The first-order valence-corrected chi connectivity index (χ1v) is 6.60. The average molecular weight is 358 g/mol. The van der Waals surface area contributed by atoms with Crippen molar-refractivity contribution >= 4 is 45.5 Å². The van der Waals surface area contributed by atoms with E-state index in [1.807, 2.05) is 22.8 Å². The number of hydrogen-bond acceptors (Lipinski definition) is 3. The lowest BCUT2D eigenvalue weighted by Crippen LogP contribution is -2.35. The molecular formula is C12H15IN4O. The van der Waals surface area contributed by atoms with Gasteiger partial charge in [0, 0.05) is 10.1 Å². The highest BCUT2D eigenvalue weighted by atomic mass is 127. The van der Waals surface area contributed by atoms with Gasteiger partial charge >= 0.3 is 0 Å². The highest BCUT2D eigenvalue weighted by molar-refractivity contribution is 14.1. The molecule has 0 spiro atoms. The summed E-state index contributed by atoms with van der Waals surface area (Å²) in [6.45, 7) is 4.02. The van der Waals surface area contributed by atoms with Crippen LogP contribution >= 0.6 is 22.6 Å². The number of nitrogen functional groups attached to an aromatic ring is 1. The number of aromatic nitrogens is 2. The second-order valence-corrected chi connectivity index (χ2v) is 6.18. The Labute approximate surface area is 119 Å². The fourth-order valence-corrected chi connectivity index (χ4v) is 2.24. The SMILES string of the molecule is CC(C)(Cn1c(N)nc2cc(I)ccc21)C(N)=O. The van der Waals surface area contributed by atoms with E-state index < -0.39 is 5.41 Å². The highest BCUT2D eigenvalue weighted by Gasteiger charge is 2.27. The Morgan fingerprint density at radius 3 is 2.78 bits per heavy atom. The molecule has 18 heavy (non-hydrogen) atoms. The third-order valence-electron chi connectivity index (χ3n) is 2.96. The first-order valence-electron chi connectivity index (χ1n) is 5.52. The molecule has 0 saturated carbocycles. The molecule has 96 valence electrons. The summed E-state index contributed by atoms with van der Waals surface area (Å²) in [5.41, 5.74) is 12.4. The van der Waals surface area contributed by atoms with Crippen LogP contribution in [0.15, 0.2) is 18.2 Å². The number of anilines is 1. The van der Waals surface area contributed by atoms with E-state index >= 15 is 0 Å². The van der Waals surface area contributed by atoms with Crippen molar-refractivity contribution in [3.63, 3.8) is 0 Å². The largest absolute Gasteiger partial charge is 0.369 e. The van der Waals surface area contributed by atoms with Crippen molar-refractivity contribution in [2.24, 2.45) is 11.1 Å². The minimum Gasteiger partial charge on any atom is -0.369 e. The number of amides is 1. The number of fused-ring (bicyclic) bond motifs is 1. The minimum absolute atomic E-state index is 0.353. The molecule has 1 heterocycles. The molecule has 0 aliphatic heterocycles. The van der Waals surface area contributed by atoms with Crippen LogP contribution < -0.4 is 11.5 Å². The third-order valence-corrected chi connectivity index (χ3v) is 3.63. The van der Waals surface area contributed by atoms with E-state index in [0.29, 0.717) is 12.5 Å². The van der Waals surface area contributed by atoms with E-state index in [4.69, 9.17) is 11.5 Å². The van der Waals surface area contributed by atoms with Gasteiger partial charge in [-0.1, -0.05) is 0 Å². The van der Waals surface area contributed by atoms with E-state index in [1.165, 1.54) is 0 Å². The first kappa shape index (κ1) is 13.1. The number of nitrogens with zero attached hydrogens (tertiary/aromatic N) is 2. The van der Waals surface area contributed by atoms with Crippen LogP contribution in [-0.4, -0.2) is 15.5 Å². The zero-order chi connectivity index (χ0) is 13.5. The average Bonchev–Trinajstić information content (AvgIpc) is 2.54. The summed E-state index contributed by atoms with van der Waals surface area (Å²) in [4.78, 5) is 15.7. The maximum Gasteiger partial charge on any atom is 0.224 e. The molecule has 0 radical (unpaired) electrons. The fraction of sp³-hybridized carbons (Fsp3) is 0.333. The third kappa shape index (κ3) is 2.29. The summed E-state index contributed by atoms with van der Waals surface area (Å²) in [6, 6.07) is 5.90. The van der Waals surface area contributed by atoms with Crippen molar-refractivity contribution < 1.29 is 4.79 Å². The summed E-state index contributed by atoms with van der Waals surface area (Å²) in [5, 5.41) is 0. The van der Waals surface area contributed by atoms with Crippen LogP contribution in [-0.2, 0) is 11.3 Å². The van der Waals surface area contributed by atoms with Gasteiger partial charge in [0.05, 0.1) is 16.4 Å². The van der Waals surface area contributed by atoms with Gasteiger partial charge in [0.2, 0.25) is 11.9 Å². The number of imidazole rings is 1. The van der Waals surface area contributed by atoms with Crippen LogP contribution in [0.3, 0.4) is 0 Å². The van der Waals surface area contributed by atoms with Crippen molar-refractivity contribution in [1.29, 1.82) is 0 Å². The lowest BCUT2D eigenvalue weighted by Gasteiger charge is -2.21. The first-order chi connectivity index (χ1) is 8.31. The Morgan fingerprint density at radius 1 is 1.50 bits per heavy atom. The maximum absolute atomic E-state index is 11.4. The number of carbonyl (C=O) groups is 1. The second kappa shape index (κ2) is 4.42. The van der Waals surface area contributed by atoms with E-state index in [-0.39, 0.29) is 5.91 Å². The predicted octanol–water partition coefficient (Wildman–Crippen LogP) is 1.73. The van der Waals surface area contributed by atoms with Gasteiger partial charge in [-0.2, -0.15) is 0 Å². The molecule has 1 amide bonds. The van der Waals surface area contributed by atoms with Crippen LogP contribution in [0.5, 0.6) is 0 Å². The Morgan fingerprint density at radius 2 is 2.17 bits per heavy atom. The fourth-order valence-electron chi connectivity index (χ4n) is 1.76. The monoisotopic (exact) mass is 358 g/mol. The number of hydrogen-bond donors (Lipinski definition) is 2.